The second-order valence-electron chi connectivity index (χ2n) is 6.87. The van der Waals surface area contributed by atoms with E-state index in [-0.39, 0.29) is 0 Å². The first-order valence-electron chi connectivity index (χ1n) is 9.40. The van der Waals surface area contributed by atoms with E-state index in [1.54, 1.807) is 0 Å². The minimum Gasteiger partial charge on any atom is -0.278 e. The molecular formula is C24H16Br2N4. The predicted molar refractivity (Wildman–Crippen MR) is 133 cm³/mol. The van der Waals surface area contributed by atoms with E-state index in [2.05, 4.69) is 79.1 Å². The van der Waals surface area contributed by atoms with Crippen LogP contribution in [0.25, 0.3) is 10.8 Å². The molecule has 0 unspecified atom stereocenters. The molecule has 0 aromatic heterocycles. The van der Waals surface area contributed by atoms with Crippen LogP contribution in [0.15, 0.2) is 104 Å². The van der Waals surface area contributed by atoms with Crippen LogP contribution in [0.5, 0.6) is 0 Å². The third-order valence-corrected chi connectivity index (χ3v) is 5.98. The van der Waals surface area contributed by atoms with Gasteiger partial charge in [0.25, 0.3) is 0 Å². The molecule has 0 saturated heterocycles. The van der Waals surface area contributed by atoms with Gasteiger partial charge >= 0.3 is 0 Å². The molecule has 0 saturated carbocycles. The van der Waals surface area contributed by atoms with E-state index in [1.165, 1.54) is 10.8 Å². The van der Waals surface area contributed by atoms with Gasteiger partial charge in [0.05, 0.1) is 11.4 Å². The zero-order valence-electron chi connectivity index (χ0n) is 15.7. The van der Waals surface area contributed by atoms with Crippen molar-refractivity contribution in [1.82, 2.24) is 0 Å². The summed E-state index contributed by atoms with van der Waals surface area (Å²) in [6.07, 6.45) is 0. The van der Waals surface area contributed by atoms with Gasteiger partial charge in [0.2, 0.25) is 0 Å². The van der Waals surface area contributed by atoms with E-state index >= 15 is 0 Å². The molecule has 30 heavy (non-hydrogen) atoms. The summed E-state index contributed by atoms with van der Waals surface area (Å²) in [5.41, 5.74) is 12.0. The van der Waals surface area contributed by atoms with E-state index in [1.807, 2.05) is 48.5 Å². The summed E-state index contributed by atoms with van der Waals surface area (Å²) in [6, 6.07) is 28.4. The maximum atomic E-state index is 4.74. The molecule has 4 aromatic carbocycles. The molecule has 0 atom stereocenters. The van der Waals surface area contributed by atoms with Crippen LogP contribution in [0.1, 0.15) is 11.1 Å². The Hall–Kier alpha value is -2.96. The lowest BCUT2D eigenvalue weighted by molar-refractivity contribution is 1.32. The highest BCUT2D eigenvalue weighted by Gasteiger charge is 2.27. The number of hydrogen-bond acceptors (Lipinski definition) is 4. The SMILES string of the molecule is Brc1ccc(N/N=C2/C(=N/Nc3ccc(Br)cc3)c3cccc4cccc2c34)cc1. The number of rotatable bonds is 4. The summed E-state index contributed by atoms with van der Waals surface area (Å²) < 4.78 is 2.05. The summed E-state index contributed by atoms with van der Waals surface area (Å²) in [5, 5.41) is 11.8. The van der Waals surface area contributed by atoms with Crippen molar-refractivity contribution in [2.75, 3.05) is 10.9 Å². The Morgan fingerprint density at radius 3 is 1.40 bits per heavy atom. The Morgan fingerprint density at radius 2 is 0.967 bits per heavy atom. The van der Waals surface area contributed by atoms with Crippen LogP contribution in [-0.2, 0) is 0 Å². The summed E-state index contributed by atoms with van der Waals surface area (Å²) in [5.74, 6) is 0. The van der Waals surface area contributed by atoms with Gasteiger partial charge < -0.3 is 0 Å². The maximum absolute atomic E-state index is 4.74. The van der Waals surface area contributed by atoms with Gasteiger partial charge in [-0.1, -0.05) is 68.3 Å². The molecule has 6 heteroatoms. The van der Waals surface area contributed by atoms with Crippen molar-refractivity contribution in [3.8, 4) is 0 Å². The van der Waals surface area contributed by atoms with Crippen LogP contribution in [0.3, 0.4) is 0 Å². The molecule has 0 spiro atoms. The van der Waals surface area contributed by atoms with Crippen molar-refractivity contribution < 1.29 is 0 Å². The molecule has 146 valence electrons. The average molecular weight is 520 g/mol. The highest BCUT2D eigenvalue weighted by atomic mass is 79.9. The fraction of sp³-hybridized carbons (Fsp3) is 0. The minimum absolute atomic E-state index is 0.814. The first kappa shape index (κ1) is 19.0. The van der Waals surface area contributed by atoms with Gasteiger partial charge in [0.15, 0.2) is 0 Å². The number of halogens is 2. The fourth-order valence-corrected chi connectivity index (χ4v) is 4.04. The summed E-state index contributed by atoms with van der Waals surface area (Å²) in [4.78, 5) is 0. The van der Waals surface area contributed by atoms with Crippen LogP contribution in [-0.4, -0.2) is 11.4 Å². The van der Waals surface area contributed by atoms with Gasteiger partial charge in [-0.2, -0.15) is 10.2 Å². The molecule has 2 N–H and O–H groups in total. The zero-order chi connectivity index (χ0) is 20.5. The molecule has 5 rings (SSSR count). The first-order valence-corrected chi connectivity index (χ1v) is 11.0. The normalized spacial score (nSPS) is 15.1. The summed E-state index contributed by atoms with van der Waals surface area (Å²) >= 11 is 6.93. The number of nitrogens with one attached hydrogen (secondary N) is 2. The van der Waals surface area contributed by atoms with Crippen molar-refractivity contribution >= 4 is 65.4 Å². The molecule has 4 nitrogen and oxygen atoms in total. The molecule has 4 aromatic rings. The lowest BCUT2D eigenvalue weighted by atomic mass is 10.1. The van der Waals surface area contributed by atoms with Gasteiger partial charge in [-0.05, 0) is 53.9 Å². The van der Waals surface area contributed by atoms with E-state index in [0.717, 1.165) is 42.9 Å². The smallest absolute Gasteiger partial charge is 0.119 e. The third kappa shape index (κ3) is 3.64. The Morgan fingerprint density at radius 1 is 0.533 bits per heavy atom. The van der Waals surface area contributed by atoms with Crippen LogP contribution < -0.4 is 10.9 Å². The van der Waals surface area contributed by atoms with Crippen LogP contribution in [0.4, 0.5) is 11.4 Å². The number of hydrazone groups is 2. The summed E-state index contributed by atoms with van der Waals surface area (Å²) in [7, 11) is 0. The Bertz CT molecular complexity index is 1200. The standard InChI is InChI=1S/C24H16Br2N4/c25-16-7-11-18(12-8-16)27-29-23-20-5-1-3-15-4-2-6-21(22(15)20)24(23)30-28-19-13-9-17(26)10-14-19/h1-14,27-28H/b29-23+,30-24+. The highest BCUT2D eigenvalue weighted by Crippen LogP contribution is 2.32. The molecule has 0 amide bonds. The van der Waals surface area contributed by atoms with Crippen molar-refractivity contribution in [3.63, 3.8) is 0 Å². The minimum atomic E-state index is 0.814. The molecule has 0 aliphatic heterocycles. The summed E-state index contributed by atoms with van der Waals surface area (Å²) in [6.45, 7) is 0. The molecule has 0 bridgehead atoms. The topological polar surface area (TPSA) is 48.8 Å². The van der Waals surface area contributed by atoms with Crippen molar-refractivity contribution in [3.05, 3.63) is 105 Å². The Balaban J connectivity index is 1.57. The number of benzene rings is 4. The zero-order valence-corrected chi connectivity index (χ0v) is 18.9. The molecular weight excluding hydrogens is 504 g/mol. The van der Waals surface area contributed by atoms with Crippen LogP contribution in [0.2, 0.25) is 0 Å². The molecule has 1 aliphatic rings. The lowest BCUT2D eigenvalue weighted by Crippen LogP contribution is -2.14. The number of anilines is 2. The van der Waals surface area contributed by atoms with E-state index in [0.29, 0.717) is 0 Å². The van der Waals surface area contributed by atoms with Gasteiger partial charge in [-0.3, -0.25) is 10.9 Å². The Labute approximate surface area is 191 Å². The number of hydrogen-bond donors (Lipinski definition) is 2. The van der Waals surface area contributed by atoms with E-state index in [9.17, 15) is 0 Å². The van der Waals surface area contributed by atoms with Crippen LogP contribution in [0, 0.1) is 0 Å². The molecule has 0 fully saturated rings. The van der Waals surface area contributed by atoms with Gasteiger partial charge in [0, 0.05) is 25.5 Å². The number of nitrogens with zero attached hydrogens (tertiary/aromatic N) is 2. The van der Waals surface area contributed by atoms with E-state index < -0.39 is 0 Å². The molecule has 0 heterocycles. The van der Waals surface area contributed by atoms with Crippen LogP contribution >= 0.6 is 31.9 Å². The van der Waals surface area contributed by atoms with Crippen molar-refractivity contribution in [2.45, 2.75) is 0 Å². The molecule has 0 radical (unpaired) electrons. The van der Waals surface area contributed by atoms with Gasteiger partial charge in [-0.25, -0.2) is 0 Å². The average Bonchev–Trinajstić information content (AvgIpc) is 3.08. The fourth-order valence-electron chi connectivity index (χ4n) is 3.51. The van der Waals surface area contributed by atoms with E-state index in [4.69, 9.17) is 10.2 Å². The van der Waals surface area contributed by atoms with Crippen molar-refractivity contribution in [2.24, 2.45) is 10.2 Å². The first-order chi connectivity index (χ1) is 14.7. The molecule has 1 aliphatic carbocycles. The maximum Gasteiger partial charge on any atom is 0.119 e. The second-order valence-corrected chi connectivity index (χ2v) is 8.70. The Kier molecular flexibility index (Phi) is 5.11. The van der Waals surface area contributed by atoms with Gasteiger partial charge in [-0.15, -0.1) is 0 Å². The monoisotopic (exact) mass is 518 g/mol. The quantitative estimate of drug-likeness (QED) is 0.285. The second kappa shape index (κ2) is 8.05. The lowest BCUT2D eigenvalue weighted by Gasteiger charge is -2.06. The largest absolute Gasteiger partial charge is 0.278 e. The predicted octanol–water partition coefficient (Wildman–Crippen LogP) is 7.01. The van der Waals surface area contributed by atoms with Gasteiger partial charge in [0.1, 0.15) is 11.4 Å². The van der Waals surface area contributed by atoms with Crippen molar-refractivity contribution in [1.29, 1.82) is 0 Å². The highest BCUT2D eigenvalue weighted by molar-refractivity contribution is 9.10. The third-order valence-electron chi connectivity index (χ3n) is 4.92.